The summed E-state index contributed by atoms with van der Waals surface area (Å²) in [6.07, 6.45) is 1.61. The number of nitrogens with zero attached hydrogens (tertiary/aromatic N) is 4. The number of rotatable bonds is 2. The van der Waals surface area contributed by atoms with Gasteiger partial charge in [-0.2, -0.15) is 0 Å². The Balaban J connectivity index is 2.22. The van der Waals surface area contributed by atoms with Gasteiger partial charge in [-0.1, -0.05) is 28.1 Å². The van der Waals surface area contributed by atoms with Crippen LogP contribution in [0.25, 0.3) is 0 Å². The average molecular weight is 253 g/mol. The van der Waals surface area contributed by atoms with Crippen LogP contribution < -0.4 is 0 Å². The van der Waals surface area contributed by atoms with Crippen LogP contribution in [0.15, 0.2) is 29.0 Å². The van der Waals surface area contributed by atoms with Crippen LogP contribution in [0.3, 0.4) is 0 Å². The van der Waals surface area contributed by atoms with E-state index in [0.29, 0.717) is 6.54 Å². The summed E-state index contributed by atoms with van der Waals surface area (Å²) in [5.74, 6) is 0. The van der Waals surface area contributed by atoms with Crippen LogP contribution in [0.5, 0.6) is 0 Å². The first kappa shape index (κ1) is 9.33. The smallest absolute Gasteiger partial charge is 0.138 e. The van der Waals surface area contributed by atoms with Crippen molar-refractivity contribution in [2.24, 2.45) is 0 Å². The quantitative estimate of drug-likeness (QED) is 0.819. The van der Waals surface area contributed by atoms with E-state index >= 15 is 0 Å². The number of tetrazole rings is 1. The summed E-state index contributed by atoms with van der Waals surface area (Å²) in [4.78, 5) is 0. The zero-order valence-corrected chi connectivity index (χ0v) is 9.27. The fraction of sp³-hybridized carbons (Fsp3) is 0.222. The molecular weight excluding hydrogens is 244 g/mol. The van der Waals surface area contributed by atoms with Crippen molar-refractivity contribution in [3.63, 3.8) is 0 Å². The van der Waals surface area contributed by atoms with Crippen LogP contribution in [-0.2, 0) is 6.54 Å². The monoisotopic (exact) mass is 252 g/mol. The molecule has 0 N–H and O–H groups in total. The molecule has 4 nitrogen and oxygen atoms in total. The number of aromatic nitrogens is 4. The number of hydrogen-bond acceptors (Lipinski definition) is 3. The van der Waals surface area contributed by atoms with Crippen molar-refractivity contribution in [3.8, 4) is 0 Å². The minimum Gasteiger partial charge on any atom is -0.228 e. The van der Waals surface area contributed by atoms with Crippen molar-refractivity contribution in [3.05, 3.63) is 40.1 Å². The lowest BCUT2D eigenvalue weighted by Gasteiger charge is -2.03. The zero-order valence-electron chi connectivity index (χ0n) is 7.68. The molecule has 0 radical (unpaired) electrons. The molecule has 0 fully saturated rings. The lowest BCUT2D eigenvalue weighted by atomic mass is 10.1. The third kappa shape index (κ3) is 1.98. The Hall–Kier alpha value is -1.23. The van der Waals surface area contributed by atoms with Crippen molar-refractivity contribution < 1.29 is 0 Å². The molecule has 0 aliphatic rings. The summed E-state index contributed by atoms with van der Waals surface area (Å²) in [6, 6.07) is 6.21. The van der Waals surface area contributed by atoms with Crippen molar-refractivity contribution in [2.45, 2.75) is 13.5 Å². The van der Waals surface area contributed by atoms with Gasteiger partial charge in [0.1, 0.15) is 6.33 Å². The Morgan fingerprint density at radius 3 is 2.93 bits per heavy atom. The molecule has 0 aliphatic heterocycles. The summed E-state index contributed by atoms with van der Waals surface area (Å²) in [7, 11) is 0. The molecule has 0 aliphatic carbocycles. The van der Waals surface area contributed by atoms with Gasteiger partial charge >= 0.3 is 0 Å². The lowest BCUT2D eigenvalue weighted by molar-refractivity contribution is 0.648. The standard InChI is InChI=1S/C9H9BrN4/c1-7-4-8(2-3-9(7)10)5-14-6-11-12-13-14/h2-4,6H,5H2,1H3. The van der Waals surface area contributed by atoms with Crippen LogP contribution in [-0.4, -0.2) is 20.2 Å². The predicted molar refractivity (Wildman–Crippen MR) is 55.8 cm³/mol. The second kappa shape index (κ2) is 3.88. The number of halogens is 1. The lowest BCUT2D eigenvalue weighted by Crippen LogP contribution is -2.00. The molecule has 72 valence electrons. The van der Waals surface area contributed by atoms with E-state index < -0.39 is 0 Å². The fourth-order valence-corrected chi connectivity index (χ4v) is 1.49. The maximum absolute atomic E-state index is 3.81. The summed E-state index contributed by atoms with van der Waals surface area (Å²) >= 11 is 3.46. The highest BCUT2D eigenvalue weighted by Gasteiger charge is 1.99. The zero-order chi connectivity index (χ0) is 9.97. The molecule has 0 saturated heterocycles. The van der Waals surface area contributed by atoms with Gasteiger partial charge in [-0.15, -0.1) is 5.10 Å². The van der Waals surface area contributed by atoms with Gasteiger partial charge in [0, 0.05) is 4.47 Å². The Morgan fingerprint density at radius 1 is 1.43 bits per heavy atom. The topological polar surface area (TPSA) is 43.6 Å². The van der Waals surface area contributed by atoms with Gasteiger partial charge in [-0.3, -0.25) is 0 Å². The van der Waals surface area contributed by atoms with Crippen molar-refractivity contribution >= 4 is 15.9 Å². The minimum atomic E-state index is 0.709. The summed E-state index contributed by atoms with van der Waals surface area (Å²) < 4.78 is 2.82. The van der Waals surface area contributed by atoms with Gasteiger partial charge in [0.25, 0.3) is 0 Å². The molecule has 0 unspecified atom stereocenters. The maximum Gasteiger partial charge on any atom is 0.138 e. The molecule has 14 heavy (non-hydrogen) atoms. The van der Waals surface area contributed by atoms with Gasteiger partial charge < -0.3 is 0 Å². The number of aryl methyl sites for hydroxylation is 1. The van der Waals surface area contributed by atoms with E-state index in [2.05, 4.69) is 50.5 Å². The predicted octanol–water partition coefficient (Wildman–Crippen LogP) is 1.79. The Morgan fingerprint density at radius 2 is 2.29 bits per heavy atom. The van der Waals surface area contributed by atoms with E-state index in [0.717, 1.165) is 4.47 Å². The van der Waals surface area contributed by atoms with E-state index in [1.165, 1.54) is 11.1 Å². The van der Waals surface area contributed by atoms with E-state index in [4.69, 9.17) is 0 Å². The van der Waals surface area contributed by atoms with Gasteiger partial charge in [0.05, 0.1) is 6.54 Å². The summed E-state index contributed by atoms with van der Waals surface area (Å²) in [5.41, 5.74) is 2.41. The average Bonchev–Trinajstić information content (AvgIpc) is 2.64. The molecule has 1 aromatic carbocycles. The Bertz CT molecular complexity index is 424. The third-order valence-corrected chi connectivity index (χ3v) is 2.85. The van der Waals surface area contributed by atoms with E-state index in [1.54, 1.807) is 11.0 Å². The number of hydrogen-bond donors (Lipinski definition) is 0. The van der Waals surface area contributed by atoms with Crippen LogP contribution in [0.4, 0.5) is 0 Å². The molecular formula is C9H9BrN4. The molecule has 2 aromatic rings. The second-order valence-electron chi connectivity index (χ2n) is 3.09. The summed E-state index contributed by atoms with van der Waals surface area (Å²) in [6.45, 7) is 2.77. The van der Waals surface area contributed by atoms with Crippen molar-refractivity contribution in [2.75, 3.05) is 0 Å². The van der Waals surface area contributed by atoms with Crippen LogP contribution >= 0.6 is 15.9 Å². The highest BCUT2D eigenvalue weighted by molar-refractivity contribution is 9.10. The second-order valence-corrected chi connectivity index (χ2v) is 3.95. The fourth-order valence-electron chi connectivity index (χ4n) is 1.24. The molecule has 0 spiro atoms. The van der Waals surface area contributed by atoms with Gasteiger partial charge in [-0.05, 0) is 34.5 Å². The highest BCUT2D eigenvalue weighted by atomic mass is 79.9. The first-order valence-corrected chi connectivity index (χ1v) is 5.01. The summed E-state index contributed by atoms with van der Waals surface area (Å²) in [5, 5.41) is 11.0. The maximum atomic E-state index is 3.81. The van der Waals surface area contributed by atoms with Crippen LogP contribution in [0.1, 0.15) is 11.1 Å². The molecule has 5 heteroatoms. The van der Waals surface area contributed by atoms with E-state index in [9.17, 15) is 0 Å². The van der Waals surface area contributed by atoms with Crippen LogP contribution in [0, 0.1) is 6.92 Å². The van der Waals surface area contributed by atoms with Gasteiger partial charge in [0.15, 0.2) is 0 Å². The molecule has 0 bridgehead atoms. The highest BCUT2D eigenvalue weighted by Crippen LogP contribution is 2.17. The third-order valence-electron chi connectivity index (χ3n) is 1.96. The molecule has 0 amide bonds. The Labute approximate surface area is 90.1 Å². The van der Waals surface area contributed by atoms with Crippen molar-refractivity contribution in [1.29, 1.82) is 0 Å². The molecule has 1 aromatic heterocycles. The van der Waals surface area contributed by atoms with Gasteiger partial charge in [-0.25, -0.2) is 4.68 Å². The first-order valence-electron chi connectivity index (χ1n) is 4.21. The van der Waals surface area contributed by atoms with Crippen LogP contribution in [0.2, 0.25) is 0 Å². The minimum absolute atomic E-state index is 0.709. The molecule has 0 atom stereocenters. The van der Waals surface area contributed by atoms with E-state index in [1.807, 2.05) is 6.07 Å². The van der Waals surface area contributed by atoms with E-state index in [-0.39, 0.29) is 0 Å². The normalized spacial score (nSPS) is 10.4. The molecule has 0 saturated carbocycles. The molecule has 2 rings (SSSR count). The SMILES string of the molecule is Cc1cc(Cn2cnnn2)ccc1Br. The van der Waals surface area contributed by atoms with Crippen molar-refractivity contribution in [1.82, 2.24) is 20.2 Å². The van der Waals surface area contributed by atoms with Gasteiger partial charge in [0.2, 0.25) is 0 Å². The number of benzene rings is 1. The molecule has 1 heterocycles. The largest absolute Gasteiger partial charge is 0.228 e. The first-order chi connectivity index (χ1) is 6.75. The Kier molecular flexibility index (Phi) is 2.58.